The van der Waals surface area contributed by atoms with Gasteiger partial charge in [0.1, 0.15) is 11.6 Å². The molecule has 0 radical (unpaired) electrons. The van der Waals surface area contributed by atoms with Gasteiger partial charge in [-0.3, -0.25) is 4.79 Å². The Bertz CT molecular complexity index is 803. The zero-order valence-corrected chi connectivity index (χ0v) is 13.4. The fourth-order valence-electron chi connectivity index (χ4n) is 1.83. The summed E-state index contributed by atoms with van der Waals surface area (Å²) in [6.45, 7) is 1.53. The Morgan fingerprint density at radius 3 is 2.39 bits per heavy atom. The van der Waals surface area contributed by atoms with Gasteiger partial charge in [0.2, 0.25) is 0 Å². The normalized spacial score (nSPS) is 12.5. The standard InChI is InChI=1S/C16H16FNO4S/c1-11(22-14-5-3-4-12(17)10-14)16(19)18-13-6-8-15(9-7-13)23(2,20)21/h3-11H,1-2H3,(H,18,19)/t11-/m1/s1. The van der Waals surface area contributed by atoms with Crippen molar-refractivity contribution in [2.24, 2.45) is 0 Å². The second-order valence-corrected chi connectivity index (χ2v) is 7.02. The van der Waals surface area contributed by atoms with E-state index < -0.39 is 27.7 Å². The molecule has 0 fully saturated rings. The van der Waals surface area contributed by atoms with E-state index in [0.29, 0.717) is 5.69 Å². The van der Waals surface area contributed by atoms with Crippen LogP contribution < -0.4 is 10.1 Å². The molecule has 7 heteroatoms. The van der Waals surface area contributed by atoms with Crippen LogP contribution in [0.25, 0.3) is 0 Å². The second kappa shape index (κ2) is 6.78. The highest BCUT2D eigenvalue weighted by molar-refractivity contribution is 7.90. The summed E-state index contributed by atoms with van der Waals surface area (Å²) in [5.74, 6) is -0.632. The van der Waals surface area contributed by atoms with Crippen molar-refractivity contribution in [3.8, 4) is 5.75 Å². The first kappa shape index (κ1) is 17.0. The Balaban J connectivity index is 2.01. The van der Waals surface area contributed by atoms with Crippen LogP contribution in [-0.2, 0) is 14.6 Å². The van der Waals surface area contributed by atoms with Gasteiger partial charge < -0.3 is 10.1 Å². The SMILES string of the molecule is C[C@@H](Oc1cccc(F)c1)C(=O)Nc1ccc(S(C)(=O)=O)cc1. The molecule has 1 N–H and O–H groups in total. The summed E-state index contributed by atoms with van der Waals surface area (Å²) in [6.07, 6.45) is 0.265. The van der Waals surface area contributed by atoms with Gasteiger partial charge in [-0.15, -0.1) is 0 Å². The van der Waals surface area contributed by atoms with E-state index in [-0.39, 0.29) is 10.6 Å². The Hall–Kier alpha value is -2.41. The molecule has 5 nitrogen and oxygen atoms in total. The molecule has 1 amide bonds. The van der Waals surface area contributed by atoms with Crippen LogP contribution in [0.1, 0.15) is 6.92 Å². The van der Waals surface area contributed by atoms with Crippen LogP contribution in [0.2, 0.25) is 0 Å². The molecule has 23 heavy (non-hydrogen) atoms. The number of nitrogens with one attached hydrogen (secondary N) is 1. The van der Waals surface area contributed by atoms with Crippen LogP contribution in [0.3, 0.4) is 0 Å². The van der Waals surface area contributed by atoms with Crippen LogP contribution in [0.15, 0.2) is 53.4 Å². The van der Waals surface area contributed by atoms with Gasteiger partial charge in [-0.1, -0.05) is 6.07 Å². The topological polar surface area (TPSA) is 72.5 Å². The smallest absolute Gasteiger partial charge is 0.265 e. The maximum atomic E-state index is 13.1. The monoisotopic (exact) mass is 337 g/mol. The lowest BCUT2D eigenvalue weighted by Gasteiger charge is -2.15. The molecule has 0 unspecified atom stereocenters. The van der Waals surface area contributed by atoms with E-state index in [9.17, 15) is 17.6 Å². The molecule has 2 aromatic carbocycles. The lowest BCUT2D eigenvalue weighted by Crippen LogP contribution is -2.30. The van der Waals surface area contributed by atoms with Gasteiger partial charge in [0.25, 0.3) is 5.91 Å². The molecule has 0 saturated carbocycles. The van der Waals surface area contributed by atoms with E-state index in [1.807, 2.05) is 0 Å². The molecule has 0 aromatic heterocycles. The highest BCUT2D eigenvalue weighted by Crippen LogP contribution is 2.16. The van der Waals surface area contributed by atoms with Gasteiger partial charge in [-0.2, -0.15) is 0 Å². The van der Waals surface area contributed by atoms with Gasteiger partial charge in [-0.25, -0.2) is 12.8 Å². The number of hydrogen-bond donors (Lipinski definition) is 1. The van der Waals surface area contributed by atoms with Crippen LogP contribution in [0.5, 0.6) is 5.75 Å². The molecule has 2 aromatic rings. The minimum atomic E-state index is -3.28. The summed E-state index contributed by atoms with van der Waals surface area (Å²) in [6, 6.07) is 11.3. The maximum Gasteiger partial charge on any atom is 0.265 e. The molecule has 1 atom stereocenters. The number of rotatable bonds is 5. The molecule has 0 aliphatic rings. The number of ether oxygens (including phenoxy) is 1. The van der Waals surface area contributed by atoms with E-state index in [0.717, 1.165) is 6.26 Å². The maximum absolute atomic E-state index is 13.1. The number of benzene rings is 2. The highest BCUT2D eigenvalue weighted by Gasteiger charge is 2.15. The van der Waals surface area contributed by atoms with Crippen molar-refractivity contribution in [3.05, 3.63) is 54.3 Å². The van der Waals surface area contributed by atoms with Gasteiger partial charge in [0, 0.05) is 18.0 Å². The average molecular weight is 337 g/mol. The van der Waals surface area contributed by atoms with E-state index in [4.69, 9.17) is 4.74 Å². The number of carbonyl (C=O) groups is 1. The zero-order chi connectivity index (χ0) is 17.0. The molecule has 0 spiro atoms. The third-order valence-electron chi connectivity index (χ3n) is 3.03. The third-order valence-corrected chi connectivity index (χ3v) is 4.16. The molecule has 0 aliphatic carbocycles. The molecule has 0 saturated heterocycles. The van der Waals surface area contributed by atoms with Crippen LogP contribution >= 0.6 is 0 Å². The minimum Gasteiger partial charge on any atom is -0.481 e. The molecule has 122 valence electrons. The Morgan fingerprint density at radius 1 is 1.17 bits per heavy atom. The van der Waals surface area contributed by atoms with Crippen molar-refractivity contribution in [2.45, 2.75) is 17.9 Å². The van der Waals surface area contributed by atoms with E-state index >= 15 is 0 Å². The Morgan fingerprint density at radius 2 is 1.83 bits per heavy atom. The second-order valence-electron chi connectivity index (χ2n) is 5.00. The predicted molar refractivity (Wildman–Crippen MR) is 84.7 cm³/mol. The quantitative estimate of drug-likeness (QED) is 0.910. The Labute approximate surface area is 134 Å². The molecular weight excluding hydrogens is 321 g/mol. The molecular formula is C16H16FNO4S. The van der Waals surface area contributed by atoms with E-state index in [1.54, 1.807) is 6.07 Å². The first-order chi connectivity index (χ1) is 10.8. The molecule has 2 rings (SSSR count). The van der Waals surface area contributed by atoms with Gasteiger partial charge in [0.15, 0.2) is 15.9 Å². The predicted octanol–water partition coefficient (Wildman–Crippen LogP) is 2.64. The number of carbonyl (C=O) groups excluding carboxylic acids is 1. The lowest BCUT2D eigenvalue weighted by molar-refractivity contribution is -0.122. The van der Waals surface area contributed by atoms with Crippen molar-refractivity contribution in [1.29, 1.82) is 0 Å². The summed E-state index contributed by atoms with van der Waals surface area (Å²) >= 11 is 0. The van der Waals surface area contributed by atoms with Gasteiger partial charge >= 0.3 is 0 Å². The lowest BCUT2D eigenvalue weighted by atomic mass is 10.3. The van der Waals surface area contributed by atoms with Crippen LogP contribution in [0.4, 0.5) is 10.1 Å². The van der Waals surface area contributed by atoms with Crippen LogP contribution in [-0.4, -0.2) is 26.7 Å². The van der Waals surface area contributed by atoms with Crippen molar-refractivity contribution < 1.29 is 22.3 Å². The van der Waals surface area contributed by atoms with Gasteiger partial charge in [-0.05, 0) is 43.3 Å². The average Bonchev–Trinajstić information content (AvgIpc) is 2.46. The number of sulfone groups is 1. The van der Waals surface area contributed by atoms with Crippen molar-refractivity contribution in [1.82, 2.24) is 0 Å². The van der Waals surface area contributed by atoms with Crippen molar-refractivity contribution in [3.63, 3.8) is 0 Å². The third kappa shape index (κ3) is 4.79. The van der Waals surface area contributed by atoms with Crippen LogP contribution in [0, 0.1) is 5.82 Å². The summed E-state index contributed by atoms with van der Waals surface area (Å²) in [4.78, 5) is 12.2. The number of anilines is 1. The fraction of sp³-hybridized carbons (Fsp3) is 0.188. The summed E-state index contributed by atoms with van der Waals surface area (Å²) in [5, 5.41) is 2.60. The number of halogens is 1. The zero-order valence-electron chi connectivity index (χ0n) is 12.6. The van der Waals surface area contributed by atoms with Crippen molar-refractivity contribution in [2.75, 3.05) is 11.6 Å². The van der Waals surface area contributed by atoms with Gasteiger partial charge in [0.05, 0.1) is 4.90 Å². The summed E-state index contributed by atoms with van der Waals surface area (Å²) in [5.41, 5.74) is 0.442. The van der Waals surface area contributed by atoms with E-state index in [1.165, 1.54) is 49.4 Å². The van der Waals surface area contributed by atoms with E-state index in [2.05, 4.69) is 5.32 Å². The molecule has 0 aliphatic heterocycles. The molecule has 0 heterocycles. The highest BCUT2D eigenvalue weighted by atomic mass is 32.2. The Kier molecular flexibility index (Phi) is 5.00. The first-order valence-corrected chi connectivity index (χ1v) is 8.68. The minimum absolute atomic E-state index is 0.166. The van der Waals surface area contributed by atoms with Crippen molar-refractivity contribution >= 4 is 21.4 Å². The largest absolute Gasteiger partial charge is 0.481 e. The number of hydrogen-bond acceptors (Lipinski definition) is 4. The summed E-state index contributed by atoms with van der Waals surface area (Å²) in [7, 11) is -3.28. The molecule has 0 bridgehead atoms. The fourth-order valence-corrected chi connectivity index (χ4v) is 2.46. The number of amides is 1. The summed E-state index contributed by atoms with van der Waals surface area (Å²) < 4.78 is 41.2. The first-order valence-electron chi connectivity index (χ1n) is 6.79.